The van der Waals surface area contributed by atoms with Crippen LogP contribution in [-0.4, -0.2) is 22.9 Å². The van der Waals surface area contributed by atoms with Crippen molar-refractivity contribution in [1.29, 1.82) is 0 Å². The second-order valence-electron chi connectivity index (χ2n) is 4.62. The van der Waals surface area contributed by atoms with E-state index >= 15 is 0 Å². The van der Waals surface area contributed by atoms with Crippen LogP contribution in [0, 0.1) is 0 Å². The number of hydrogen-bond acceptors (Lipinski definition) is 4. The van der Waals surface area contributed by atoms with E-state index in [4.69, 9.17) is 10.5 Å². The van der Waals surface area contributed by atoms with E-state index in [1.807, 2.05) is 6.92 Å². The third-order valence-electron chi connectivity index (χ3n) is 2.80. The fraction of sp³-hybridized carbons (Fsp3) is 0.900. The molecule has 0 aliphatic heterocycles. The van der Waals surface area contributed by atoms with Gasteiger partial charge in [-0.2, -0.15) is 12.6 Å². The summed E-state index contributed by atoms with van der Waals surface area (Å²) in [5, 5.41) is 0. The van der Waals surface area contributed by atoms with E-state index in [2.05, 4.69) is 12.6 Å². The molecule has 1 atom stereocenters. The Hall–Kier alpha value is -0.220. The van der Waals surface area contributed by atoms with Crippen LogP contribution in [0.15, 0.2) is 0 Å². The van der Waals surface area contributed by atoms with Gasteiger partial charge in [0.05, 0.1) is 0 Å². The Morgan fingerprint density at radius 3 is 2.50 bits per heavy atom. The Bertz CT molecular complexity index is 222. The summed E-state index contributed by atoms with van der Waals surface area (Å²) in [4.78, 5) is 11.7. The van der Waals surface area contributed by atoms with Gasteiger partial charge in [0.25, 0.3) is 0 Å². The van der Waals surface area contributed by atoms with Crippen molar-refractivity contribution in [2.24, 2.45) is 5.73 Å². The lowest BCUT2D eigenvalue weighted by Gasteiger charge is -2.29. The fourth-order valence-corrected chi connectivity index (χ4v) is 1.76. The Morgan fingerprint density at radius 1 is 1.57 bits per heavy atom. The zero-order chi connectivity index (χ0) is 10.8. The molecule has 0 heterocycles. The highest BCUT2D eigenvalue weighted by molar-refractivity contribution is 7.80. The molecule has 4 heteroatoms. The monoisotopic (exact) mass is 217 g/mol. The van der Waals surface area contributed by atoms with Gasteiger partial charge in [-0.1, -0.05) is 0 Å². The van der Waals surface area contributed by atoms with Crippen molar-refractivity contribution in [2.45, 2.75) is 50.7 Å². The summed E-state index contributed by atoms with van der Waals surface area (Å²) < 4.78 is 5.44. The van der Waals surface area contributed by atoms with Crippen LogP contribution in [0.1, 0.15) is 39.5 Å². The molecule has 0 radical (unpaired) electrons. The molecule has 0 aromatic carbocycles. The Morgan fingerprint density at radius 2 is 2.07 bits per heavy atom. The van der Waals surface area contributed by atoms with Crippen molar-refractivity contribution in [3.8, 4) is 0 Å². The van der Waals surface area contributed by atoms with Crippen LogP contribution < -0.4 is 5.73 Å². The first-order chi connectivity index (χ1) is 6.40. The largest absolute Gasteiger partial charge is 0.458 e. The van der Waals surface area contributed by atoms with E-state index < -0.39 is 5.54 Å². The average Bonchev–Trinajstić information content (AvgIpc) is 2.52. The molecule has 1 rings (SSSR count). The van der Waals surface area contributed by atoms with Gasteiger partial charge in [0.1, 0.15) is 11.1 Å². The molecule has 0 amide bonds. The molecule has 1 fully saturated rings. The van der Waals surface area contributed by atoms with E-state index in [9.17, 15) is 4.79 Å². The standard InChI is InChI=1S/C10H19NO2S/c1-9(5-3-4-6-9)13-8(12)10(2,11)7-14/h14H,3-7,11H2,1-2H3. The van der Waals surface area contributed by atoms with Crippen molar-refractivity contribution in [1.82, 2.24) is 0 Å². The van der Waals surface area contributed by atoms with Crippen molar-refractivity contribution in [3.05, 3.63) is 0 Å². The van der Waals surface area contributed by atoms with Gasteiger partial charge in [-0.15, -0.1) is 0 Å². The average molecular weight is 217 g/mol. The maximum absolute atomic E-state index is 11.7. The van der Waals surface area contributed by atoms with E-state index in [0.717, 1.165) is 25.7 Å². The molecule has 0 spiro atoms. The SMILES string of the molecule is CC1(OC(=O)C(C)(N)CS)CCCC1. The van der Waals surface area contributed by atoms with Crippen molar-refractivity contribution in [2.75, 3.05) is 5.75 Å². The van der Waals surface area contributed by atoms with E-state index in [1.54, 1.807) is 6.92 Å². The lowest BCUT2D eigenvalue weighted by Crippen LogP contribution is -2.50. The number of carbonyl (C=O) groups is 1. The van der Waals surface area contributed by atoms with Crippen molar-refractivity contribution < 1.29 is 9.53 Å². The van der Waals surface area contributed by atoms with Crippen LogP contribution in [0.4, 0.5) is 0 Å². The number of ether oxygens (including phenoxy) is 1. The Kier molecular flexibility index (Phi) is 3.48. The molecule has 1 aliphatic carbocycles. The summed E-state index contributed by atoms with van der Waals surface area (Å²) in [6.07, 6.45) is 4.15. The Labute approximate surface area is 90.8 Å². The minimum absolute atomic E-state index is 0.291. The van der Waals surface area contributed by atoms with Crippen LogP contribution >= 0.6 is 12.6 Å². The summed E-state index contributed by atoms with van der Waals surface area (Å²) in [6.45, 7) is 3.63. The van der Waals surface area contributed by atoms with Gasteiger partial charge in [-0.25, -0.2) is 0 Å². The molecule has 0 aromatic heterocycles. The predicted octanol–water partition coefficient (Wildman–Crippen LogP) is 1.51. The number of rotatable bonds is 3. The van der Waals surface area contributed by atoms with Crippen LogP contribution in [0.2, 0.25) is 0 Å². The van der Waals surface area contributed by atoms with Crippen LogP contribution in [0.25, 0.3) is 0 Å². The number of esters is 1. The maximum Gasteiger partial charge on any atom is 0.327 e. The molecule has 14 heavy (non-hydrogen) atoms. The normalized spacial score (nSPS) is 24.3. The summed E-state index contributed by atoms with van der Waals surface area (Å²) in [7, 11) is 0. The predicted molar refractivity (Wildman–Crippen MR) is 59.4 cm³/mol. The Balaban J connectivity index is 2.55. The third-order valence-corrected chi connectivity index (χ3v) is 3.45. The van der Waals surface area contributed by atoms with Gasteiger partial charge >= 0.3 is 5.97 Å². The molecule has 1 saturated carbocycles. The molecule has 3 nitrogen and oxygen atoms in total. The van der Waals surface area contributed by atoms with Gasteiger partial charge in [0.2, 0.25) is 0 Å². The van der Waals surface area contributed by atoms with Gasteiger partial charge in [-0.3, -0.25) is 4.79 Å². The van der Waals surface area contributed by atoms with Crippen LogP contribution in [0.3, 0.4) is 0 Å². The smallest absolute Gasteiger partial charge is 0.327 e. The second kappa shape index (κ2) is 4.11. The molecule has 0 saturated heterocycles. The topological polar surface area (TPSA) is 52.3 Å². The number of nitrogens with two attached hydrogens (primary N) is 1. The number of hydrogen-bond donors (Lipinski definition) is 2. The van der Waals surface area contributed by atoms with Crippen LogP contribution in [-0.2, 0) is 9.53 Å². The highest BCUT2D eigenvalue weighted by atomic mass is 32.1. The van der Waals surface area contributed by atoms with E-state index in [0.29, 0.717) is 5.75 Å². The van der Waals surface area contributed by atoms with Crippen molar-refractivity contribution >= 4 is 18.6 Å². The fourth-order valence-electron chi connectivity index (χ4n) is 1.63. The highest BCUT2D eigenvalue weighted by Gasteiger charge is 2.37. The van der Waals surface area contributed by atoms with Crippen LogP contribution in [0.5, 0.6) is 0 Å². The van der Waals surface area contributed by atoms with Gasteiger partial charge in [-0.05, 0) is 39.5 Å². The quantitative estimate of drug-likeness (QED) is 0.556. The van der Waals surface area contributed by atoms with Gasteiger partial charge in [0, 0.05) is 5.75 Å². The zero-order valence-corrected chi connectivity index (χ0v) is 9.77. The lowest BCUT2D eigenvalue weighted by atomic mass is 10.0. The molecular formula is C10H19NO2S. The zero-order valence-electron chi connectivity index (χ0n) is 8.88. The summed E-state index contributed by atoms with van der Waals surface area (Å²) >= 11 is 4.04. The molecule has 82 valence electrons. The summed E-state index contributed by atoms with van der Waals surface area (Å²) in [5.41, 5.74) is 4.49. The lowest BCUT2D eigenvalue weighted by molar-refractivity contribution is -0.162. The van der Waals surface area contributed by atoms with Gasteiger partial charge in [0.15, 0.2) is 0 Å². The maximum atomic E-state index is 11.7. The molecule has 2 N–H and O–H groups in total. The number of thiol groups is 1. The van der Waals surface area contributed by atoms with Crippen molar-refractivity contribution in [3.63, 3.8) is 0 Å². The highest BCUT2D eigenvalue weighted by Crippen LogP contribution is 2.33. The summed E-state index contributed by atoms with van der Waals surface area (Å²) in [6, 6.07) is 0. The first-order valence-corrected chi connectivity index (χ1v) is 5.66. The molecular weight excluding hydrogens is 198 g/mol. The molecule has 0 aromatic rings. The van der Waals surface area contributed by atoms with E-state index in [-0.39, 0.29) is 11.6 Å². The first-order valence-electron chi connectivity index (χ1n) is 5.03. The minimum Gasteiger partial charge on any atom is -0.458 e. The first kappa shape index (κ1) is 11.9. The number of carbonyl (C=O) groups excluding carboxylic acids is 1. The minimum atomic E-state index is -0.964. The summed E-state index contributed by atoms with van der Waals surface area (Å²) in [5.74, 6) is -0.0287. The van der Waals surface area contributed by atoms with E-state index in [1.165, 1.54) is 0 Å². The second-order valence-corrected chi connectivity index (χ2v) is 4.94. The molecule has 1 unspecified atom stereocenters. The molecule has 1 aliphatic rings. The molecule has 0 bridgehead atoms. The third kappa shape index (κ3) is 2.64. The van der Waals surface area contributed by atoms with Gasteiger partial charge < -0.3 is 10.5 Å².